The van der Waals surface area contributed by atoms with Gasteiger partial charge in [-0.15, -0.1) is 11.3 Å². The van der Waals surface area contributed by atoms with Crippen molar-refractivity contribution in [2.75, 3.05) is 6.54 Å². The molecule has 2 amide bonds. The number of hydrogen-bond donors (Lipinski definition) is 2. The van der Waals surface area contributed by atoms with Gasteiger partial charge < -0.3 is 10.6 Å². The maximum atomic E-state index is 13.1. The molecule has 2 N–H and O–H groups in total. The van der Waals surface area contributed by atoms with E-state index in [0.29, 0.717) is 11.3 Å². The van der Waals surface area contributed by atoms with E-state index in [1.165, 1.54) is 11.3 Å². The van der Waals surface area contributed by atoms with Gasteiger partial charge in [0.2, 0.25) is 5.91 Å². The van der Waals surface area contributed by atoms with Crippen molar-refractivity contribution in [3.63, 3.8) is 0 Å². The van der Waals surface area contributed by atoms with Crippen LogP contribution in [0.2, 0.25) is 0 Å². The molecule has 0 aliphatic heterocycles. The quantitative estimate of drug-likeness (QED) is 0.500. The zero-order valence-corrected chi connectivity index (χ0v) is 18.4. The summed E-state index contributed by atoms with van der Waals surface area (Å²) in [6.45, 7) is 3.89. The molecule has 0 saturated heterocycles. The number of nitriles is 1. The van der Waals surface area contributed by atoms with Crippen LogP contribution in [0.5, 0.6) is 0 Å². The first-order valence-electron chi connectivity index (χ1n) is 10.2. The number of carbonyl (C=O) groups excluding carboxylic acids is 2. The largest absolute Gasteiger partial charge is 0.341 e. The highest BCUT2D eigenvalue weighted by atomic mass is 32.1. The van der Waals surface area contributed by atoms with E-state index in [1.54, 1.807) is 0 Å². The predicted octanol–water partition coefficient (Wildman–Crippen LogP) is 4.87. The molecule has 3 aromatic rings. The lowest BCUT2D eigenvalue weighted by molar-refractivity contribution is -0.123. The molecule has 0 radical (unpaired) electrons. The van der Waals surface area contributed by atoms with Gasteiger partial charge >= 0.3 is 0 Å². The molecule has 0 spiro atoms. The number of nitrogens with zero attached hydrogens (tertiary/aromatic N) is 1. The molecule has 1 heterocycles. The lowest BCUT2D eigenvalue weighted by Gasteiger charge is -2.19. The average Bonchev–Trinajstić information content (AvgIpc) is 3.23. The van der Waals surface area contributed by atoms with Gasteiger partial charge in [-0.2, -0.15) is 5.26 Å². The molecule has 5 nitrogen and oxygen atoms in total. The minimum Gasteiger partial charge on any atom is -0.341 e. The summed E-state index contributed by atoms with van der Waals surface area (Å²) in [6.07, 6.45) is 0.492. The summed E-state index contributed by atoms with van der Waals surface area (Å²) >= 11 is 1.41. The summed E-state index contributed by atoms with van der Waals surface area (Å²) in [7, 11) is 0. The highest BCUT2D eigenvalue weighted by molar-refractivity contribution is 7.18. The van der Waals surface area contributed by atoms with Crippen LogP contribution in [0.25, 0.3) is 21.6 Å². The summed E-state index contributed by atoms with van der Waals surface area (Å²) in [5.41, 5.74) is 3.05. The molecule has 1 aromatic heterocycles. The highest BCUT2D eigenvalue weighted by Crippen LogP contribution is 2.39. The number of hydrogen-bond acceptors (Lipinski definition) is 4. The van der Waals surface area contributed by atoms with E-state index < -0.39 is 6.04 Å². The number of thiophene rings is 1. The second-order valence-corrected chi connectivity index (χ2v) is 8.67. The Morgan fingerprint density at radius 2 is 1.61 bits per heavy atom. The Morgan fingerprint density at radius 1 is 1.00 bits per heavy atom. The van der Waals surface area contributed by atoms with Gasteiger partial charge in [-0.05, 0) is 29.5 Å². The zero-order valence-electron chi connectivity index (χ0n) is 17.6. The fraction of sp³-hybridized carbons (Fsp3) is 0.240. The third-order valence-electron chi connectivity index (χ3n) is 4.75. The minimum atomic E-state index is -0.691. The second-order valence-electron chi connectivity index (χ2n) is 7.62. The van der Waals surface area contributed by atoms with Gasteiger partial charge in [0.05, 0.1) is 10.9 Å². The van der Waals surface area contributed by atoms with E-state index >= 15 is 0 Å². The van der Waals surface area contributed by atoms with Gasteiger partial charge in [0.15, 0.2) is 0 Å². The Kier molecular flexibility index (Phi) is 7.58. The molecule has 2 aromatic carbocycles. The van der Waals surface area contributed by atoms with Crippen LogP contribution in [0, 0.1) is 17.2 Å². The lowest BCUT2D eigenvalue weighted by atomic mass is 10.0. The summed E-state index contributed by atoms with van der Waals surface area (Å²) in [4.78, 5) is 27.1. The first-order chi connectivity index (χ1) is 15.0. The molecule has 0 fully saturated rings. The number of benzene rings is 2. The van der Waals surface area contributed by atoms with Crippen molar-refractivity contribution in [3.05, 3.63) is 71.6 Å². The van der Waals surface area contributed by atoms with E-state index in [9.17, 15) is 9.59 Å². The van der Waals surface area contributed by atoms with Crippen molar-refractivity contribution in [2.24, 2.45) is 5.92 Å². The third-order valence-corrected chi connectivity index (χ3v) is 5.93. The first-order valence-corrected chi connectivity index (χ1v) is 11.0. The summed E-state index contributed by atoms with van der Waals surface area (Å²) in [6, 6.07) is 23.0. The molecule has 0 unspecified atom stereocenters. The maximum absolute atomic E-state index is 13.1. The van der Waals surface area contributed by atoms with Crippen LogP contribution in [0.1, 0.15) is 29.9 Å². The standard InChI is InChI=1S/C25H25N3O2S/c1-17(2)15-21(24(29)27-14-13-26)28-25(30)22-16-20(18-9-5-3-6-10-18)23(31-22)19-11-7-4-8-12-19/h3-12,16-17,21H,14-15H2,1-2H3,(H,27,29)(H,28,30)/t21-/m0/s1. The summed E-state index contributed by atoms with van der Waals surface area (Å²) < 4.78 is 0. The fourth-order valence-electron chi connectivity index (χ4n) is 3.32. The molecule has 1 atom stereocenters. The van der Waals surface area contributed by atoms with Crippen molar-refractivity contribution >= 4 is 23.2 Å². The topological polar surface area (TPSA) is 82.0 Å². The van der Waals surface area contributed by atoms with Crippen molar-refractivity contribution in [1.29, 1.82) is 5.26 Å². The molecule has 31 heavy (non-hydrogen) atoms. The molecule has 158 valence electrons. The van der Waals surface area contributed by atoms with Crippen molar-refractivity contribution in [2.45, 2.75) is 26.3 Å². The van der Waals surface area contributed by atoms with E-state index in [1.807, 2.05) is 86.6 Å². The lowest BCUT2D eigenvalue weighted by Crippen LogP contribution is -2.47. The maximum Gasteiger partial charge on any atom is 0.262 e. The van der Waals surface area contributed by atoms with Crippen LogP contribution in [0.15, 0.2) is 66.7 Å². The smallest absolute Gasteiger partial charge is 0.262 e. The SMILES string of the molecule is CC(C)C[C@H](NC(=O)c1cc(-c2ccccc2)c(-c2ccccc2)s1)C(=O)NCC#N. The second kappa shape index (κ2) is 10.6. The van der Waals surface area contributed by atoms with Crippen molar-refractivity contribution < 1.29 is 9.59 Å². The molecule has 3 rings (SSSR count). The summed E-state index contributed by atoms with van der Waals surface area (Å²) in [5.74, 6) is -0.421. The molecular weight excluding hydrogens is 406 g/mol. The van der Waals surface area contributed by atoms with E-state index in [0.717, 1.165) is 21.6 Å². The van der Waals surface area contributed by atoms with Crippen LogP contribution in [-0.4, -0.2) is 24.4 Å². The van der Waals surface area contributed by atoms with Gasteiger partial charge in [0.25, 0.3) is 5.91 Å². The van der Waals surface area contributed by atoms with Gasteiger partial charge in [0.1, 0.15) is 12.6 Å². The summed E-state index contributed by atoms with van der Waals surface area (Å²) in [5, 5.41) is 14.2. The number of rotatable bonds is 8. The van der Waals surface area contributed by atoms with E-state index in [4.69, 9.17) is 5.26 Å². The Morgan fingerprint density at radius 3 is 2.19 bits per heavy atom. The van der Waals surface area contributed by atoms with Crippen LogP contribution in [0.4, 0.5) is 0 Å². The first kappa shape index (κ1) is 22.3. The van der Waals surface area contributed by atoms with E-state index in [2.05, 4.69) is 10.6 Å². The molecular formula is C25H25N3O2S. The highest BCUT2D eigenvalue weighted by Gasteiger charge is 2.24. The molecule has 0 aliphatic carbocycles. The monoisotopic (exact) mass is 431 g/mol. The van der Waals surface area contributed by atoms with Crippen LogP contribution in [-0.2, 0) is 4.79 Å². The fourth-order valence-corrected chi connectivity index (χ4v) is 4.41. The van der Waals surface area contributed by atoms with Crippen LogP contribution in [0.3, 0.4) is 0 Å². The Bertz CT molecular complexity index is 1010. The normalized spacial score (nSPS) is 11.5. The van der Waals surface area contributed by atoms with Crippen LogP contribution < -0.4 is 10.6 Å². The van der Waals surface area contributed by atoms with Gasteiger partial charge in [-0.25, -0.2) is 0 Å². The van der Waals surface area contributed by atoms with E-state index in [-0.39, 0.29) is 24.3 Å². The molecule has 0 saturated carbocycles. The average molecular weight is 432 g/mol. The Balaban J connectivity index is 1.92. The minimum absolute atomic E-state index is 0.0847. The number of amides is 2. The van der Waals surface area contributed by atoms with Crippen molar-refractivity contribution in [1.82, 2.24) is 10.6 Å². The van der Waals surface area contributed by atoms with Crippen LogP contribution >= 0.6 is 11.3 Å². The number of carbonyl (C=O) groups is 2. The molecule has 0 bridgehead atoms. The van der Waals surface area contributed by atoms with Gasteiger partial charge in [-0.1, -0.05) is 74.5 Å². The Hall–Kier alpha value is -3.43. The zero-order chi connectivity index (χ0) is 22.2. The third kappa shape index (κ3) is 5.80. The van der Waals surface area contributed by atoms with Crippen molar-refractivity contribution in [3.8, 4) is 27.6 Å². The molecule has 6 heteroatoms. The van der Waals surface area contributed by atoms with Gasteiger partial charge in [-0.3, -0.25) is 9.59 Å². The van der Waals surface area contributed by atoms with Gasteiger partial charge in [0, 0.05) is 10.4 Å². The number of nitrogens with one attached hydrogen (secondary N) is 2. The molecule has 0 aliphatic rings. The Labute approximate surface area is 186 Å². The predicted molar refractivity (Wildman–Crippen MR) is 125 cm³/mol.